The highest BCUT2D eigenvalue weighted by Gasteiger charge is 2.19. The van der Waals surface area contributed by atoms with E-state index in [9.17, 15) is 0 Å². The number of fused-ring (bicyclic) bond motifs is 3. The molecule has 4 heteroatoms. The van der Waals surface area contributed by atoms with Crippen LogP contribution >= 0.6 is 0 Å². The molecule has 0 saturated heterocycles. The number of rotatable bonds is 8. The van der Waals surface area contributed by atoms with E-state index in [1.54, 1.807) is 0 Å². The van der Waals surface area contributed by atoms with Crippen molar-refractivity contribution in [2.24, 2.45) is 0 Å². The summed E-state index contributed by atoms with van der Waals surface area (Å²) in [7, 11) is 0. The molecule has 62 heavy (non-hydrogen) atoms. The molecule has 0 spiro atoms. The van der Waals surface area contributed by atoms with Crippen molar-refractivity contribution in [3.05, 3.63) is 231 Å². The van der Waals surface area contributed by atoms with Crippen LogP contribution < -0.4 is 0 Å². The molecular weight excluding hydrogens is 753 g/mol. The summed E-state index contributed by atoms with van der Waals surface area (Å²) >= 11 is 0. The molecule has 0 aliphatic carbocycles. The lowest BCUT2D eigenvalue weighted by molar-refractivity contribution is 1.18. The molecule has 0 radical (unpaired) electrons. The van der Waals surface area contributed by atoms with Crippen molar-refractivity contribution in [3.63, 3.8) is 0 Å². The minimum Gasteiger partial charge on any atom is -0.228 e. The molecule has 0 saturated carbocycles. The largest absolute Gasteiger partial charge is 0.228 e. The molecule has 0 atom stereocenters. The Morgan fingerprint density at radius 2 is 0.435 bits per heavy atom. The summed E-state index contributed by atoms with van der Waals surface area (Å²) in [5.74, 6) is 1.37. The summed E-state index contributed by atoms with van der Waals surface area (Å²) in [6.45, 7) is 0. The standard InChI is InChI=1S/C58H38N4/c1-5-17-39(18-6-1)51-37-52(40-19-7-2-8-20-40)60-57(59-51)45-33-29-43(30-34-45)55-49-27-15-13-25-47(49)48-26-14-16-28-50(48)56(55)44-31-35-46(36-32-44)58-61-53(41-21-9-3-10-22-41)38-54(62-58)42-23-11-4-12-24-42/h1-38H. The molecule has 2 aromatic heterocycles. The van der Waals surface area contributed by atoms with Crippen LogP contribution in [0, 0.1) is 0 Å². The summed E-state index contributed by atoms with van der Waals surface area (Å²) in [6.07, 6.45) is 0. The molecule has 0 aliphatic rings. The molecule has 290 valence electrons. The van der Waals surface area contributed by atoms with Crippen LogP contribution in [0.2, 0.25) is 0 Å². The zero-order chi connectivity index (χ0) is 41.2. The Bertz CT molecular complexity index is 3010. The second kappa shape index (κ2) is 16.0. The van der Waals surface area contributed by atoms with Gasteiger partial charge in [-0.25, -0.2) is 19.9 Å². The van der Waals surface area contributed by atoms with Gasteiger partial charge in [0.2, 0.25) is 0 Å². The highest BCUT2D eigenvalue weighted by molar-refractivity contribution is 6.21. The van der Waals surface area contributed by atoms with Crippen LogP contribution in [0.5, 0.6) is 0 Å². The number of hydrogen-bond donors (Lipinski definition) is 0. The molecule has 2 heterocycles. The quantitative estimate of drug-likeness (QED) is 0.144. The molecule has 0 aliphatic heterocycles. The molecule has 4 nitrogen and oxygen atoms in total. The van der Waals surface area contributed by atoms with Crippen molar-refractivity contribution in [2.45, 2.75) is 0 Å². The fourth-order valence-corrected chi connectivity index (χ4v) is 8.49. The molecule has 0 N–H and O–H groups in total. The Hall–Kier alpha value is -8.34. The van der Waals surface area contributed by atoms with Gasteiger partial charge in [0.05, 0.1) is 22.8 Å². The van der Waals surface area contributed by atoms with Gasteiger partial charge in [-0.05, 0) is 55.9 Å². The van der Waals surface area contributed by atoms with Crippen LogP contribution in [0.1, 0.15) is 0 Å². The SMILES string of the molecule is c1ccc(-c2cc(-c3ccccc3)nc(-c3ccc(-c4c(-c5ccc(-c6nc(-c7ccccc7)cc(-c7ccccc7)n6)cc5)c5ccccc5c5ccccc45)cc3)n2)cc1. The van der Waals surface area contributed by atoms with Gasteiger partial charge in [0, 0.05) is 33.4 Å². The van der Waals surface area contributed by atoms with Crippen molar-refractivity contribution in [2.75, 3.05) is 0 Å². The van der Waals surface area contributed by atoms with E-state index in [-0.39, 0.29) is 0 Å². The van der Waals surface area contributed by atoms with Gasteiger partial charge in [-0.3, -0.25) is 0 Å². The van der Waals surface area contributed by atoms with Gasteiger partial charge in [-0.1, -0.05) is 218 Å². The summed E-state index contributed by atoms with van der Waals surface area (Å²) < 4.78 is 0. The fourth-order valence-electron chi connectivity index (χ4n) is 8.49. The van der Waals surface area contributed by atoms with Crippen molar-refractivity contribution in [3.8, 4) is 90.1 Å². The highest BCUT2D eigenvalue weighted by Crippen LogP contribution is 2.45. The Morgan fingerprint density at radius 1 is 0.194 bits per heavy atom. The molecule has 0 amide bonds. The Morgan fingerprint density at radius 3 is 0.726 bits per heavy atom. The van der Waals surface area contributed by atoms with Gasteiger partial charge in [0.15, 0.2) is 11.6 Å². The summed E-state index contributed by atoms with van der Waals surface area (Å²) in [6, 6.07) is 80.4. The first-order chi connectivity index (χ1) is 30.7. The minimum absolute atomic E-state index is 0.685. The lowest BCUT2D eigenvalue weighted by atomic mass is 9.84. The predicted octanol–water partition coefficient (Wildman–Crippen LogP) is 14.9. The Kier molecular flexibility index (Phi) is 9.49. The van der Waals surface area contributed by atoms with E-state index in [1.807, 2.05) is 72.8 Å². The maximum Gasteiger partial charge on any atom is 0.160 e. The van der Waals surface area contributed by atoms with Gasteiger partial charge >= 0.3 is 0 Å². The van der Waals surface area contributed by atoms with Crippen LogP contribution in [0.3, 0.4) is 0 Å². The Balaban J connectivity index is 1.04. The number of aromatic nitrogens is 4. The monoisotopic (exact) mass is 790 g/mol. The Labute approximate surface area is 360 Å². The van der Waals surface area contributed by atoms with E-state index in [1.165, 1.54) is 32.7 Å². The minimum atomic E-state index is 0.685. The van der Waals surface area contributed by atoms with Gasteiger partial charge in [-0.15, -0.1) is 0 Å². The molecule has 9 aromatic carbocycles. The van der Waals surface area contributed by atoms with Gasteiger partial charge in [-0.2, -0.15) is 0 Å². The van der Waals surface area contributed by atoms with Crippen molar-refractivity contribution in [1.82, 2.24) is 19.9 Å². The first-order valence-electron chi connectivity index (χ1n) is 20.9. The zero-order valence-electron chi connectivity index (χ0n) is 33.7. The number of hydrogen-bond acceptors (Lipinski definition) is 4. The normalized spacial score (nSPS) is 11.2. The third kappa shape index (κ3) is 7.00. The van der Waals surface area contributed by atoms with Crippen LogP contribution in [0.15, 0.2) is 231 Å². The second-order valence-electron chi connectivity index (χ2n) is 15.4. The average Bonchev–Trinajstić information content (AvgIpc) is 3.37. The summed E-state index contributed by atoms with van der Waals surface area (Å²) in [5.41, 5.74) is 14.2. The van der Waals surface area contributed by atoms with Crippen LogP contribution in [0.25, 0.3) is 112 Å². The van der Waals surface area contributed by atoms with Gasteiger partial charge in [0.25, 0.3) is 0 Å². The first-order valence-corrected chi connectivity index (χ1v) is 20.9. The van der Waals surface area contributed by atoms with E-state index in [4.69, 9.17) is 19.9 Å². The van der Waals surface area contributed by atoms with Crippen LogP contribution in [-0.2, 0) is 0 Å². The maximum atomic E-state index is 5.11. The van der Waals surface area contributed by atoms with E-state index in [2.05, 4.69) is 158 Å². The molecule has 0 unspecified atom stereocenters. The second-order valence-corrected chi connectivity index (χ2v) is 15.4. The van der Waals surface area contributed by atoms with Gasteiger partial charge < -0.3 is 0 Å². The van der Waals surface area contributed by atoms with E-state index in [0.29, 0.717) is 11.6 Å². The first kappa shape index (κ1) is 36.7. The van der Waals surface area contributed by atoms with E-state index >= 15 is 0 Å². The maximum absolute atomic E-state index is 5.11. The van der Waals surface area contributed by atoms with Crippen LogP contribution in [-0.4, -0.2) is 19.9 Å². The van der Waals surface area contributed by atoms with Crippen LogP contribution in [0.4, 0.5) is 0 Å². The molecule has 0 bridgehead atoms. The van der Waals surface area contributed by atoms with Crippen molar-refractivity contribution in [1.29, 1.82) is 0 Å². The zero-order valence-corrected chi connectivity index (χ0v) is 33.7. The molecular formula is C58H38N4. The smallest absolute Gasteiger partial charge is 0.160 e. The lowest BCUT2D eigenvalue weighted by Crippen LogP contribution is -1.97. The number of nitrogens with zero attached hydrogens (tertiary/aromatic N) is 4. The van der Waals surface area contributed by atoms with Gasteiger partial charge in [0.1, 0.15) is 0 Å². The molecule has 11 aromatic rings. The molecule has 11 rings (SSSR count). The topological polar surface area (TPSA) is 51.6 Å². The predicted molar refractivity (Wildman–Crippen MR) is 256 cm³/mol. The fraction of sp³-hybridized carbons (Fsp3) is 0. The summed E-state index contributed by atoms with van der Waals surface area (Å²) in [5, 5.41) is 4.82. The third-order valence-corrected chi connectivity index (χ3v) is 11.5. The summed E-state index contributed by atoms with van der Waals surface area (Å²) in [4.78, 5) is 20.5. The van der Waals surface area contributed by atoms with Crippen molar-refractivity contribution < 1.29 is 0 Å². The third-order valence-electron chi connectivity index (χ3n) is 11.5. The molecule has 0 fully saturated rings. The van der Waals surface area contributed by atoms with E-state index in [0.717, 1.165) is 67.3 Å². The van der Waals surface area contributed by atoms with E-state index < -0.39 is 0 Å². The average molecular weight is 791 g/mol. The lowest BCUT2D eigenvalue weighted by Gasteiger charge is -2.19. The number of benzene rings is 9. The van der Waals surface area contributed by atoms with Crippen molar-refractivity contribution >= 4 is 21.5 Å². The highest BCUT2D eigenvalue weighted by atomic mass is 14.9.